The highest BCUT2D eigenvalue weighted by Gasteiger charge is 2.32. The largest absolute Gasteiger partial charge is 0.345 e. The molecule has 1 atom stereocenters. The zero-order valence-corrected chi connectivity index (χ0v) is 11.2. The van der Waals surface area contributed by atoms with E-state index in [1.807, 2.05) is 6.92 Å². The molecule has 0 saturated carbocycles. The van der Waals surface area contributed by atoms with Gasteiger partial charge in [0.25, 0.3) is 0 Å². The van der Waals surface area contributed by atoms with E-state index in [9.17, 15) is 14.0 Å². The van der Waals surface area contributed by atoms with Crippen molar-refractivity contribution in [2.45, 2.75) is 25.9 Å². The molecule has 102 valence electrons. The van der Waals surface area contributed by atoms with Crippen molar-refractivity contribution in [1.82, 2.24) is 10.2 Å². The number of rotatable bonds is 3. The minimum Gasteiger partial charge on any atom is -0.345 e. The van der Waals surface area contributed by atoms with Crippen molar-refractivity contribution in [3.8, 4) is 0 Å². The standard InChI is InChI=1S/C13H14ClFN2O2/c1-2-11-13(19)16-6-12(18)17(11)7-8-3-4-9(14)10(15)5-8/h3-5,11H,2,6-7H2,1H3,(H,16,19). The zero-order chi connectivity index (χ0) is 14.0. The summed E-state index contributed by atoms with van der Waals surface area (Å²) in [5, 5.41) is 2.58. The van der Waals surface area contributed by atoms with E-state index in [4.69, 9.17) is 11.6 Å². The Kier molecular flexibility index (Phi) is 4.04. The van der Waals surface area contributed by atoms with Gasteiger partial charge in [0, 0.05) is 6.54 Å². The summed E-state index contributed by atoms with van der Waals surface area (Å²) in [6.07, 6.45) is 0.521. The quantitative estimate of drug-likeness (QED) is 0.919. The van der Waals surface area contributed by atoms with Crippen LogP contribution in [0.5, 0.6) is 0 Å². The van der Waals surface area contributed by atoms with E-state index < -0.39 is 11.9 Å². The molecule has 1 aromatic carbocycles. The molecule has 0 bridgehead atoms. The molecule has 1 aliphatic rings. The van der Waals surface area contributed by atoms with Crippen LogP contribution in [-0.4, -0.2) is 29.3 Å². The number of carbonyl (C=O) groups excluding carboxylic acids is 2. The number of carbonyl (C=O) groups is 2. The number of benzene rings is 1. The number of hydrogen-bond donors (Lipinski definition) is 1. The molecule has 1 saturated heterocycles. The van der Waals surface area contributed by atoms with Gasteiger partial charge < -0.3 is 10.2 Å². The van der Waals surface area contributed by atoms with Gasteiger partial charge in [-0.2, -0.15) is 0 Å². The van der Waals surface area contributed by atoms with Gasteiger partial charge in [0.05, 0.1) is 11.6 Å². The fraction of sp³-hybridized carbons (Fsp3) is 0.385. The Labute approximate surface area is 115 Å². The first-order valence-corrected chi connectivity index (χ1v) is 6.41. The average Bonchev–Trinajstić information content (AvgIpc) is 2.38. The van der Waals surface area contributed by atoms with Gasteiger partial charge >= 0.3 is 0 Å². The van der Waals surface area contributed by atoms with Gasteiger partial charge in [-0.05, 0) is 24.1 Å². The summed E-state index contributed by atoms with van der Waals surface area (Å²) in [6.45, 7) is 2.03. The molecule has 1 unspecified atom stereocenters. The molecule has 1 heterocycles. The summed E-state index contributed by atoms with van der Waals surface area (Å²) in [6, 6.07) is 3.88. The number of nitrogens with one attached hydrogen (secondary N) is 1. The van der Waals surface area contributed by atoms with Crippen LogP contribution in [0.15, 0.2) is 18.2 Å². The van der Waals surface area contributed by atoms with E-state index in [-0.39, 0.29) is 29.9 Å². The first-order valence-electron chi connectivity index (χ1n) is 6.04. The molecule has 0 aromatic heterocycles. The molecule has 2 amide bonds. The van der Waals surface area contributed by atoms with Crippen molar-refractivity contribution in [1.29, 1.82) is 0 Å². The maximum absolute atomic E-state index is 13.4. The van der Waals surface area contributed by atoms with Gasteiger partial charge in [-0.3, -0.25) is 9.59 Å². The van der Waals surface area contributed by atoms with Crippen molar-refractivity contribution in [3.05, 3.63) is 34.6 Å². The second-order valence-electron chi connectivity index (χ2n) is 4.41. The first kappa shape index (κ1) is 13.8. The van der Waals surface area contributed by atoms with Gasteiger partial charge in [0.1, 0.15) is 11.9 Å². The van der Waals surface area contributed by atoms with Crippen molar-refractivity contribution < 1.29 is 14.0 Å². The van der Waals surface area contributed by atoms with Crippen LogP contribution in [0.3, 0.4) is 0 Å². The van der Waals surface area contributed by atoms with Gasteiger partial charge in [0.2, 0.25) is 11.8 Å². The summed E-state index contributed by atoms with van der Waals surface area (Å²) in [5.74, 6) is -0.862. The molecular weight excluding hydrogens is 271 g/mol. The maximum Gasteiger partial charge on any atom is 0.243 e. The third kappa shape index (κ3) is 2.87. The molecule has 19 heavy (non-hydrogen) atoms. The molecule has 1 aliphatic heterocycles. The van der Waals surface area contributed by atoms with Gasteiger partial charge in [-0.15, -0.1) is 0 Å². The minimum absolute atomic E-state index is 0.00853. The van der Waals surface area contributed by atoms with Gasteiger partial charge in [0.15, 0.2) is 0 Å². The Morgan fingerprint density at radius 2 is 2.21 bits per heavy atom. The molecule has 4 nitrogen and oxygen atoms in total. The second-order valence-corrected chi connectivity index (χ2v) is 4.82. The van der Waals surface area contributed by atoms with Crippen molar-refractivity contribution >= 4 is 23.4 Å². The average molecular weight is 285 g/mol. The number of nitrogens with zero attached hydrogens (tertiary/aromatic N) is 1. The van der Waals surface area contributed by atoms with Gasteiger partial charge in [-0.1, -0.05) is 24.6 Å². The SMILES string of the molecule is CCC1C(=O)NCC(=O)N1Cc1ccc(Cl)c(F)c1. The Balaban J connectivity index is 2.21. The van der Waals surface area contributed by atoms with Crippen molar-refractivity contribution in [2.75, 3.05) is 6.54 Å². The fourth-order valence-corrected chi connectivity index (χ4v) is 2.25. The Hall–Kier alpha value is -1.62. The number of hydrogen-bond acceptors (Lipinski definition) is 2. The molecule has 1 fully saturated rings. The highest BCUT2D eigenvalue weighted by Crippen LogP contribution is 2.19. The number of halogens is 2. The van der Waals surface area contributed by atoms with Crippen LogP contribution in [0.25, 0.3) is 0 Å². The summed E-state index contributed by atoms with van der Waals surface area (Å²) < 4.78 is 13.4. The van der Waals surface area contributed by atoms with Crippen LogP contribution in [0.1, 0.15) is 18.9 Å². The van der Waals surface area contributed by atoms with E-state index in [0.29, 0.717) is 12.0 Å². The third-order valence-corrected chi connectivity index (χ3v) is 3.44. The van der Waals surface area contributed by atoms with Crippen LogP contribution in [0, 0.1) is 5.82 Å². The van der Waals surface area contributed by atoms with Crippen LogP contribution in [0.4, 0.5) is 4.39 Å². The highest BCUT2D eigenvalue weighted by atomic mass is 35.5. The lowest BCUT2D eigenvalue weighted by Gasteiger charge is -2.34. The number of amides is 2. The van der Waals surface area contributed by atoms with E-state index in [2.05, 4.69) is 5.32 Å². The van der Waals surface area contributed by atoms with Crippen molar-refractivity contribution in [3.63, 3.8) is 0 Å². The van der Waals surface area contributed by atoms with E-state index in [1.54, 1.807) is 6.07 Å². The molecule has 2 rings (SSSR count). The van der Waals surface area contributed by atoms with Crippen LogP contribution in [0.2, 0.25) is 5.02 Å². The molecule has 0 aliphatic carbocycles. The summed E-state index contributed by atoms with van der Waals surface area (Å²) in [4.78, 5) is 25.0. The molecule has 1 N–H and O–H groups in total. The first-order chi connectivity index (χ1) is 9.02. The topological polar surface area (TPSA) is 49.4 Å². The molecule has 6 heteroatoms. The van der Waals surface area contributed by atoms with E-state index in [1.165, 1.54) is 17.0 Å². The van der Waals surface area contributed by atoms with E-state index in [0.717, 1.165) is 0 Å². The molecule has 0 radical (unpaired) electrons. The smallest absolute Gasteiger partial charge is 0.243 e. The van der Waals surface area contributed by atoms with E-state index >= 15 is 0 Å². The van der Waals surface area contributed by atoms with Crippen molar-refractivity contribution in [2.24, 2.45) is 0 Å². The van der Waals surface area contributed by atoms with Crippen LogP contribution < -0.4 is 5.32 Å². The fourth-order valence-electron chi connectivity index (χ4n) is 2.14. The lowest BCUT2D eigenvalue weighted by molar-refractivity contribution is -0.146. The molecule has 0 spiro atoms. The summed E-state index contributed by atoms with van der Waals surface area (Å²) in [7, 11) is 0. The zero-order valence-electron chi connectivity index (χ0n) is 10.5. The Morgan fingerprint density at radius 3 is 2.84 bits per heavy atom. The predicted molar refractivity (Wildman–Crippen MR) is 69.0 cm³/mol. The predicted octanol–water partition coefficient (Wildman–Crippen LogP) is 1.72. The van der Waals surface area contributed by atoms with Crippen LogP contribution >= 0.6 is 11.6 Å². The lowest BCUT2D eigenvalue weighted by atomic mass is 10.1. The van der Waals surface area contributed by atoms with Gasteiger partial charge in [-0.25, -0.2) is 4.39 Å². The molecular formula is C13H14ClFN2O2. The van der Waals surface area contributed by atoms with Crippen LogP contribution in [-0.2, 0) is 16.1 Å². The monoisotopic (exact) mass is 284 g/mol. The lowest BCUT2D eigenvalue weighted by Crippen LogP contribution is -2.57. The third-order valence-electron chi connectivity index (χ3n) is 3.14. The summed E-state index contributed by atoms with van der Waals surface area (Å²) >= 11 is 5.61. The normalized spacial score (nSPS) is 19.5. The highest BCUT2D eigenvalue weighted by molar-refractivity contribution is 6.30. The second kappa shape index (κ2) is 5.57. The molecule has 1 aromatic rings. The Bertz CT molecular complexity index is 521. The Morgan fingerprint density at radius 1 is 1.47 bits per heavy atom. The minimum atomic E-state index is -0.527. The number of piperazine rings is 1. The maximum atomic E-state index is 13.4. The summed E-state index contributed by atoms with van der Waals surface area (Å²) in [5.41, 5.74) is 0.614.